The number of halogens is 3. The van der Waals surface area contributed by atoms with Crippen LogP contribution in [0.15, 0.2) is 12.4 Å². The van der Waals surface area contributed by atoms with Crippen LogP contribution >= 0.6 is 0 Å². The lowest BCUT2D eigenvalue weighted by atomic mass is 9.96. The third-order valence-electron chi connectivity index (χ3n) is 6.11. The zero-order valence-corrected chi connectivity index (χ0v) is 17.8. The number of aliphatic hydroxyl groups is 1. The molecule has 3 rings (SSSR count). The molecule has 0 aliphatic carbocycles. The summed E-state index contributed by atoms with van der Waals surface area (Å²) >= 11 is 0. The van der Waals surface area contributed by atoms with Crippen molar-refractivity contribution in [1.82, 2.24) is 24.3 Å². The number of carbonyl (C=O) groups excluding carboxylic acids is 2. The number of amides is 2. The first-order valence-electron chi connectivity index (χ1n) is 10.7. The molecule has 0 saturated carbocycles. The molecule has 1 unspecified atom stereocenters. The highest BCUT2D eigenvalue weighted by Gasteiger charge is 2.59. The Hall–Kier alpha value is -2.14. The molecule has 31 heavy (non-hydrogen) atoms. The number of rotatable bonds is 5. The van der Waals surface area contributed by atoms with Crippen LogP contribution in [0.4, 0.5) is 13.2 Å². The van der Waals surface area contributed by atoms with Gasteiger partial charge in [0.15, 0.2) is 5.82 Å². The summed E-state index contributed by atoms with van der Waals surface area (Å²) in [5.41, 5.74) is -3.36. The topological polar surface area (TPSA) is 81.9 Å². The smallest absolute Gasteiger partial charge is 0.374 e. The Labute approximate surface area is 179 Å². The Kier molecular flexibility index (Phi) is 7.25. The molecule has 1 atom stereocenters. The number of aromatic nitrogens is 2. The van der Waals surface area contributed by atoms with Crippen molar-refractivity contribution >= 4 is 11.8 Å². The van der Waals surface area contributed by atoms with E-state index >= 15 is 0 Å². The van der Waals surface area contributed by atoms with Gasteiger partial charge in [-0.3, -0.25) is 14.5 Å². The summed E-state index contributed by atoms with van der Waals surface area (Å²) in [6.45, 7) is 3.00. The van der Waals surface area contributed by atoms with E-state index in [-0.39, 0.29) is 25.5 Å². The lowest BCUT2D eigenvalue weighted by Gasteiger charge is -2.37. The van der Waals surface area contributed by atoms with Gasteiger partial charge in [0.25, 0.3) is 0 Å². The molecule has 1 aromatic rings. The van der Waals surface area contributed by atoms with Crippen molar-refractivity contribution in [3.8, 4) is 0 Å². The maximum absolute atomic E-state index is 13.7. The molecular formula is C20H30F3N5O3. The van der Waals surface area contributed by atoms with Crippen LogP contribution in [0.3, 0.4) is 0 Å². The summed E-state index contributed by atoms with van der Waals surface area (Å²) in [7, 11) is 1.34. The normalized spacial score (nSPS) is 20.9. The van der Waals surface area contributed by atoms with Crippen molar-refractivity contribution < 1.29 is 27.9 Å². The Morgan fingerprint density at radius 2 is 1.55 bits per heavy atom. The second-order valence-electron chi connectivity index (χ2n) is 8.35. The van der Waals surface area contributed by atoms with Crippen LogP contribution < -0.4 is 0 Å². The van der Waals surface area contributed by atoms with Gasteiger partial charge in [-0.1, -0.05) is 12.8 Å². The van der Waals surface area contributed by atoms with Crippen LogP contribution in [0, 0.1) is 0 Å². The molecule has 0 radical (unpaired) electrons. The average Bonchev–Trinajstić information content (AvgIpc) is 2.97. The van der Waals surface area contributed by atoms with E-state index in [1.54, 1.807) is 0 Å². The second kappa shape index (κ2) is 9.56. The van der Waals surface area contributed by atoms with Gasteiger partial charge in [0, 0.05) is 58.7 Å². The summed E-state index contributed by atoms with van der Waals surface area (Å²) in [5.74, 6) is -1.35. The van der Waals surface area contributed by atoms with Crippen LogP contribution in [0.1, 0.15) is 37.9 Å². The number of piperazine rings is 1. The molecule has 2 aliphatic heterocycles. The van der Waals surface area contributed by atoms with Crippen molar-refractivity contribution in [1.29, 1.82) is 0 Å². The Bertz CT molecular complexity index is 768. The van der Waals surface area contributed by atoms with E-state index < -0.39 is 29.9 Å². The van der Waals surface area contributed by atoms with E-state index in [0.29, 0.717) is 13.1 Å². The summed E-state index contributed by atoms with van der Waals surface area (Å²) in [5, 5.41) is 10.4. The molecule has 2 amide bonds. The van der Waals surface area contributed by atoms with Gasteiger partial charge in [-0.05, 0) is 12.8 Å². The fraction of sp³-hybridized carbons (Fsp3) is 0.750. The van der Waals surface area contributed by atoms with E-state index in [2.05, 4.69) is 4.98 Å². The van der Waals surface area contributed by atoms with E-state index in [1.807, 2.05) is 9.80 Å². The van der Waals surface area contributed by atoms with E-state index in [1.165, 1.54) is 18.1 Å². The standard InChI is InChI=1S/C20H30F3N5O3/c1-25-9-6-24-18(25)19(31,20(21,22)23)14-16(29)28-12-10-26(11-13-28)15-17(30)27-7-4-2-3-5-8-27/h6,9,31H,2-5,7-8,10-15H2,1H3. The minimum absolute atomic E-state index is 0.0582. The highest BCUT2D eigenvalue weighted by Crippen LogP contribution is 2.41. The number of alkyl halides is 3. The quantitative estimate of drug-likeness (QED) is 0.734. The molecule has 3 heterocycles. The highest BCUT2D eigenvalue weighted by atomic mass is 19.4. The Morgan fingerprint density at radius 3 is 2.06 bits per heavy atom. The van der Waals surface area contributed by atoms with Crippen LogP contribution in [-0.2, 0) is 22.2 Å². The molecule has 8 nitrogen and oxygen atoms in total. The third kappa shape index (κ3) is 5.38. The minimum Gasteiger partial charge on any atom is -0.374 e. The first kappa shape index (κ1) is 23.5. The molecule has 2 aliphatic rings. The van der Waals surface area contributed by atoms with Crippen molar-refractivity contribution in [2.24, 2.45) is 7.05 Å². The third-order valence-corrected chi connectivity index (χ3v) is 6.11. The van der Waals surface area contributed by atoms with Gasteiger partial charge >= 0.3 is 6.18 Å². The molecule has 1 aromatic heterocycles. The monoisotopic (exact) mass is 445 g/mol. The number of likely N-dealkylation sites (tertiary alicyclic amines) is 1. The van der Waals surface area contributed by atoms with Crippen LogP contribution in [0.2, 0.25) is 0 Å². The fourth-order valence-corrected chi connectivity index (χ4v) is 4.17. The average molecular weight is 445 g/mol. The first-order valence-corrected chi connectivity index (χ1v) is 10.7. The Balaban J connectivity index is 1.55. The van der Waals surface area contributed by atoms with Gasteiger partial charge < -0.3 is 19.5 Å². The van der Waals surface area contributed by atoms with Gasteiger partial charge in [-0.2, -0.15) is 13.2 Å². The highest BCUT2D eigenvalue weighted by molar-refractivity contribution is 5.79. The molecule has 2 fully saturated rings. The van der Waals surface area contributed by atoms with E-state index in [4.69, 9.17) is 0 Å². The number of hydrogen-bond acceptors (Lipinski definition) is 5. The molecular weight excluding hydrogens is 415 g/mol. The molecule has 1 N–H and O–H groups in total. The van der Waals surface area contributed by atoms with Gasteiger partial charge in [0.1, 0.15) is 0 Å². The molecule has 0 aromatic carbocycles. The summed E-state index contributed by atoms with van der Waals surface area (Å²) < 4.78 is 42.0. The van der Waals surface area contributed by atoms with Crippen molar-refractivity contribution in [2.75, 3.05) is 45.8 Å². The van der Waals surface area contributed by atoms with Crippen molar-refractivity contribution in [3.63, 3.8) is 0 Å². The number of carbonyl (C=O) groups is 2. The zero-order valence-electron chi connectivity index (χ0n) is 17.8. The zero-order chi connectivity index (χ0) is 22.6. The summed E-state index contributed by atoms with van der Waals surface area (Å²) in [6, 6.07) is 0. The van der Waals surface area contributed by atoms with Gasteiger partial charge in [0.05, 0.1) is 13.0 Å². The summed E-state index contributed by atoms with van der Waals surface area (Å²) in [6.07, 6.45) is 0.531. The van der Waals surface area contributed by atoms with Crippen LogP contribution in [0.25, 0.3) is 0 Å². The number of aryl methyl sites for hydroxylation is 1. The first-order chi connectivity index (χ1) is 14.6. The van der Waals surface area contributed by atoms with Crippen molar-refractivity contribution in [3.05, 3.63) is 18.2 Å². The van der Waals surface area contributed by atoms with E-state index in [0.717, 1.165) is 49.5 Å². The van der Waals surface area contributed by atoms with E-state index in [9.17, 15) is 27.9 Å². The molecule has 11 heteroatoms. The van der Waals surface area contributed by atoms with Gasteiger partial charge in [-0.15, -0.1) is 0 Å². The van der Waals surface area contributed by atoms with Crippen LogP contribution in [0.5, 0.6) is 0 Å². The Morgan fingerprint density at radius 1 is 0.968 bits per heavy atom. The molecule has 0 bridgehead atoms. The van der Waals surface area contributed by atoms with Crippen LogP contribution in [-0.4, -0.2) is 93.2 Å². The maximum Gasteiger partial charge on any atom is 0.425 e. The predicted octanol–water partition coefficient (Wildman–Crippen LogP) is 1.11. The fourth-order valence-electron chi connectivity index (χ4n) is 4.17. The number of nitrogens with zero attached hydrogens (tertiary/aromatic N) is 5. The maximum atomic E-state index is 13.7. The number of hydrogen-bond donors (Lipinski definition) is 1. The number of imidazole rings is 1. The summed E-state index contributed by atoms with van der Waals surface area (Å²) in [4.78, 5) is 33.9. The van der Waals surface area contributed by atoms with Crippen molar-refractivity contribution in [2.45, 2.75) is 43.9 Å². The minimum atomic E-state index is -5.05. The molecule has 174 valence electrons. The lowest BCUT2D eigenvalue weighted by molar-refractivity contribution is -0.272. The second-order valence-corrected chi connectivity index (χ2v) is 8.35. The molecule has 0 spiro atoms. The lowest BCUT2D eigenvalue weighted by Crippen LogP contribution is -2.54. The molecule has 2 saturated heterocycles. The van der Waals surface area contributed by atoms with Gasteiger partial charge in [0.2, 0.25) is 17.4 Å². The predicted molar refractivity (Wildman–Crippen MR) is 106 cm³/mol. The van der Waals surface area contributed by atoms with Gasteiger partial charge in [-0.25, -0.2) is 4.98 Å². The SMILES string of the molecule is Cn1ccnc1C(O)(CC(=O)N1CCN(CC(=O)N2CCCCCC2)CC1)C(F)(F)F. The largest absolute Gasteiger partial charge is 0.425 e.